The van der Waals surface area contributed by atoms with Crippen LogP contribution in [0.1, 0.15) is 26.8 Å². The Hall–Kier alpha value is -1.16. The van der Waals surface area contributed by atoms with Crippen molar-refractivity contribution in [1.82, 2.24) is 9.97 Å². The number of hydrogen-bond donors (Lipinski definition) is 2. The van der Waals surface area contributed by atoms with Crippen LogP contribution in [0.3, 0.4) is 0 Å². The molecule has 1 rings (SSSR count). The Bertz CT molecular complexity index is 246. The fourth-order valence-electron chi connectivity index (χ4n) is 0.823. The molecule has 2 N–H and O–H groups in total. The van der Waals surface area contributed by atoms with Crippen LogP contribution in [0.15, 0.2) is 12.4 Å². The molecular weight excluding hydrogens is 178 g/mol. The van der Waals surface area contributed by atoms with Crippen molar-refractivity contribution in [2.24, 2.45) is 5.92 Å². The van der Waals surface area contributed by atoms with Crippen molar-refractivity contribution in [1.29, 1.82) is 0 Å². The van der Waals surface area contributed by atoms with E-state index in [1.54, 1.807) is 12.4 Å². The molecule has 0 saturated heterocycles. The van der Waals surface area contributed by atoms with E-state index in [0.717, 1.165) is 12.1 Å². The lowest BCUT2D eigenvalue weighted by Gasteiger charge is -2.06. The first-order valence-corrected chi connectivity index (χ1v) is 4.38. The van der Waals surface area contributed by atoms with Gasteiger partial charge in [0.05, 0.1) is 6.61 Å². The monoisotopic (exact) mass is 197 g/mol. The normalized spacial score (nSPS) is 9.71. The number of aromatic nitrogens is 2. The molecule has 1 heterocycles. The zero-order valence-electron chi connectivity index (χ0n) is 7.99. The van der Waals surface area contributed by atoms with Crippen molar-refractivity contribution < 1.29 is 5.11 Å². The Balaban J connectivity index is 0.00000169. The van der Waals surface area contributed by atoms with Gasteiger partial charge in [-0.15, -0.1) is 0 Å². The minimum atomic E-state index is -0.00946. The first-order chi connectivity index (χ1) is 6.22. The third-order valence-electron chi connectivity index (χ3n) is 1.56. The minimum absolute atomic E-state index is 0. The summed E-state index contributed by atoms with van der Waals surface area (Å²) in [6.07, 6.45) is 3.24. The van der Waals surface area contributed by atoms with E-state index in [2.05, 4.69) is 29.1 Å². The van der Waals surface area contributed by atoms with Crippen LogP contribution in [0.4, 0.5) is 5.95 Å². The second-order valence-electron chi connectivity index (χ2n) is 3.35. The quantitative estimate of drug-likeness (QED) is 0.771. The van der Waals surface area contributed by atoms with E-state index < -0.39 is 0 Å². The van der Waals surface area contributed by atoms with Crippen molar-refractivity contribution in [3.8, 4) is 0 Å². The van der Waals surface area contributed by atoms with Crippen molar-refractivity contribution in [2.45, 2.75) is 27.9 Å². The highest BCUT2D eigenvalue weighted by Crippen LogP contribution is 2.01. The van der Waals surface area contributed by atoms with E-state index in [1.165, 1.54) is 0 Å². The topological polar surface area (TPSA) is 58.0 Å². The Kier molecular flexibility index (Phi) is 5.79. The predicted molar refractivity (Wildman–Crippen MR) is 58.0 cm³/mol. The first kappa shape index (κ1) is 12.8. The predicted octanol–water partition coefficient (Wildman–Crippen LogP) is 1.67. The van der Waals surface area contributed by atoms with Crippen LogP contribution >= 0.6 is 0 Å². The molecule has 0 aliphatic carbocycles. The van der Waals surface area contributed by atoms with Gasteiger partial charge in [-0.1, -0.05) is 21.3 Å². The van der Waals surface area contributed by atoms with Gasteiger partial charge in [-0.3, -0.25) is 0 Å². The number of nitrogens with one attached hydrogen (secondary N) is 1. The van der Waals surface area contributed by atoms with Gasteiger partial charge in [-0.05, 0) is 5.92 Å². The van der Waals surface area contributed by atoms with Gasteiger partial charge in [0.25, 0.3) is 0 Å². The smallest absolute Gasteiger partial charge is 0.222 e. The van der Waals surface area contributed by atoms with Crippen LogP contribution in [0.2, 0.25) is 0 Å². The molecule has 0 fully saturated rings. The molecule has 0 aromatic carbocycles. The number of anilines is 1. The summed E-state index contributed by atoms with van der Waals surface area (Å²) in [5.41, 5.74) is 0.732. The maximum absolute atomic E-state index is 8.75. The molecule has 4 nitrogen and oxygen atoms in total. The molecule has 0 unspecified atom stereocenters. The summed E-state index contributed by atoms with van der Waals surface area (Å²) in [4.78, 5) is 8.08. The van der Waals surface area contributed by atoms with Gasteiger partial charge in [0, 0.05) is 24.5 Å². The Labute approximate surface area is 85.4 Å². The largest absolute Gasteiger partial charge is 0.392 e. The number of aliphatic hydroxyl groups is 1. The minimum Gasteiger partial charge on any atom is -0.392 e. The molecule has 0 bridgehead atoms. The molecule has 0 radical (unpaired) electrons. The molecule has 14 heavy (non-hydrogen) atoms. The fourth-order valence-corrected chi connectivity index (χ4v) is 0.823. The van der Waals surface area contributed by atoms with Gasteiger partial charge >= 0.3 is 0 Å². The molecule has 0 atom stereocenters. The highest BCUT2D eigenvalue weighted by molar-refractivity contribution is 5.24. The van der Waals surface area contributed by atoms with Crippen LogP contribution in [0, 0.1) is 5.92 Å². The van der Waals surface area contributed by atoms with Crippen molar-refractivity contribution >= 4 is 5.95 Å². The number of aliphatic hydroxyl groups excluding tert-OH is 1. The lowest BCUT2D eigenvalue weighted by Crippen LogP contribution is -2.10. The van der Waals surface area contributed by atoms with Crippen LogP contribution in [-0.2, 0) is 6.61 Å². The highest BCUT2D eigenvalue weighted by atomic mass is 16.3. The molecule has 0 spiro atoms. The number of rotatable bonds is 4. The molecule has 0 aliphatic rings. The van der Waals surface area contributed by atoms with E-state index in [4.69, 9.17) is 5.11 Å². The standard InChI is InChI=1S/C9H15N3O.CH4/c1-7(2)3-10-9-11-4-8(6-13)5-12-9;/h4-5,7,13H,3,6H2,1-2H3,(H,10,11,12);1H4. The maximum atomic E-state index is 8.75. The molecular formula is C10H19N3O. The molecule has 4 heteroatoms. The summed E-state index contributed by atoms with van der Waals surface area (Å²) in [5.74, 6) is 1.19. The maximum Gasteiger partial charge on any atom is 0.222 e. The van der Waals surface area contributed by atoms with Crippen LogP contribution in [0.5, 0.6) is 0 Å². The van der Waals surface area contributed by atoms with Gasteiger partial charge < -0.3 is 10.4 Å². The van der Waals surface area contributed by atoms with Gasteiger partial charge in [0.2, 0.25) is 5.95 Å². The van der Waals surface area contributed by atoms with E-state index in [-0.39, 0.29) is 14.0 Å². The van der Waals surface area contributed by atoms with Crippen molar-refractivity contribution in [2.75, 3.05) is 11.9 Å². The summed E-state index contributed by atoms with van der Waals surface area (Å²) in [6.45, 7) is 5.09. The van der Waals surface area contributed by atoms with Gasteiger partial charge in [0.15, 0.2) is 0 Å². The van der Waals surface area contributed by atoms with E-state index in [9.17, 15) is 0 Å². The zero-order valence-corrected chi connectivity index (χ0v) is 7.99. The molecule has 80 valence electrons. The molecule has 0 saturated carbocycles. The van der Waals surface area contributed by atoms with E-state index in [1.807, 2.05) is 0 Å². The average Bonchev–Trinajstić information content (AvgIpc) is 2.15. The fraction of sp³-hybridized carbons (Fsp3) is 0.600. The number of hydrogen-bond acceptors (Lipinski definition) is 4. The summed E-state index contributed by atoms with van der Waals surface area (Å²) in [5, 5.41) is 11.8. The molecule has 0 amide bonds. The SMILES string of the molecule is C.CC(C)CNc1ncc(CO)cn1. The lowest BCUT2D eigenvalue weighted by molar-refractivity contribution is 0.281. The van der Waals surface area contributed by atoms with Crippen LogP contribution in [-0.4, -0.2) is 21.6 Å². The van der Waals surface area contributed by atoms with Crippen molar-refractivity contribution in [3.05, 3.63) is 18.0 Å². The van der Waals surface area contributed by atoms with Crippen molar-refractivity contribution in [3.63, 3.8) is 0 Å². The van der Waals surface area contributed by atoms with Crippen LogP contribution < -0.4 is 5.32 Å². The first-order valence-electron chi connectivity index (χ1n) is 4.38. The number of nitrogens with zero attached hydrogens (tertiary/aromatic N) is 2. The van der Waals surface area contributed by atoms with E-state index >= 15 is 0 Å². The Morgan fingerprint density at radius 1 is 1.36 bits per heavy atom. The molecule has 1 aromatic rings. The van der Waals surface area contributed by atoms with Gasteiger partial charge in [0.1, 0.15) is 0 Å². The summed E-state index contributed by atoms with van der Waals surface area (Å²) < 4.78 is 0. The highest BCUT2D eigenvalue weighted by Gasteiger charge is 1.97. The van der Waals surface area contributed by atoms with Gasteiger partial charge in [-0.25, -0.2) is 9.97 Å². The summed E-state index contributed by atoms with van der Waals surface area (Å²) >= 11 is 0. The third-order valence-corrected chi connectivity index (χ3v) is 1.56. The second-order valence-corrected chi connectivity index (χ2v) is 3.35. The van der Waals surface area contributed by atoms with E-state index in [0.29, 0.717) is 11.9 Å². The summed E-state index contributed by atoms with van der Waals surface area (Å²) in [6, 6.07) is 0. The Morgan fingerprint density at radius 2 is 1.93 bits per heavy atom. The summed E-state index contributed by atoms with van der Waals surface area (Å²) in [7, 11) is 0. The Morgan fingerprint density at radius 3 is 2.36 bits per heavy atom. The average molecular weight is 197 g/mol. The van der Waals surface area contributed by atoms with Gasteiger partial charge in [-0.2, -0.15) is 0 Å². The second kappa shape index (κ2) is 6.32. The lowest BCUT2D eigenvalue weighted by atomic mass is 10.2. The van der Waals surface area contributed by atoms with Crippen LogP contribution in [0.25, 0.3) is 0 Å². The zero-order chi connectivity index (χ0) is 9.68. The molecule has 1 aromatic heterocycles. The third kappa shape index (κ3) is 4.18. The molecule has 0 aliphatic heterocycles.